The molecule has 25 heavy (non-hydrogen) atoms. The lowest BCUT2D eigenvalue weighted by molar-refractivity contribution is -0.306. The molecule has 0 bridgehead atoms. The van der Waals surface area contributed by atoms with Gasteiger partial charge in [0.1, 0.15) is 10.5 Å². The number of carbonyl (C=O) groups excluding carboxylic acids is 2. The number of carbonyl (C=O) groups is 2. The van der Waals surface area contributed by atoms with E-state index in [2.05, 4.69) is 4.98 Å². The highest BCUT2D eigenvalue weighted by Crippen LogP contribution is 2.21. The average Bonchev–Trinajstić information content (AvgIpc) is 3.04. The summed E-state index contributed by atoms with van der Waals surface area (Å²) in [5.74, 6) is -2.23. The first-order valence-corrected chi connectivity index (χ1v) is 8.91. The van der Waals surface area contributed by atoms with E-state index in [4.69, 9.17) is 0 Å². The molecule has 3 rings (SSSR count). The van der Waals surface area contributed by atoms with Crippen LogP contribution in [0.3, 0.4) is 0 Å². The number of carboxylic acid groups (broad SMARTS) is 1. The number of fused-ring (bicyclic) bond motifs is 1. The second-order valence-electron chi connectivity index (χ2n) is 5.01. The quantitative estimate of drug-likeness (QED) is 0.366. The fourth-order valence-corrected chi connectivity index (χ4v) is 3.82. The molecule has 0 N–H and O–H groups in total. The fourth-order valence-electron chi connectivity index (χ4n) is 2.15. The van der Waals surface area contributed by atoms with E-state index in [-0.39, 0.29) is 16.7 Å². The van der Waals surface area contributed by atoms with Crippen LogP contribution >= 0.6 is 23.1 Å². The highest BCUT2D eigenvalue weighted by atomic mass is 32.2. The number of Topliss-reactive ketones (excluding diaryl/α,β-unsaturated/α-hetero) is 1. The van der Waals surface area contributed by atoms with E-state index < -0.39 is 23.9 Å². The molecule has 0 amide bonds. The molecule has 0 aliphatic rings. The molecule has 0 saturated heterocycles. The van der Waals surface area contributed by atoms with Crippen molar-refractivity contribution >= 4 is 45.1 Å². The number of nitrogens with zero attached hydrogens (tertiary/aromatic N) is 2. The summed E-state index contributed by atoms with van der Waals surface area (Å²) < 4.78 is 14.2. The van der Waals surface area contributed by atoms with Crippen LogP contribution in [0, 0.1) is 5.82 Å². The Bertz CT molecular complexity index is 1010. The van der Waals surface area contributed by atoms with Gasteiger partial charge in [-0.15, -0.1) is 11.3 Å². The van der Waals surface area contributed by atoms with Crippen LogP contribution in [-0.2, 0) is 11.3 Å². The molecule has 6 nitrogen and oxygen atoms in total. The number of benzene rings is 1. The molecule has 0 radical (unpaired) electrons. The lowest BCUT2D eigenvalue weighted by Crippen LogP contribution is -2.34. The zero-order valence-electron chi connectivity index (χ0n) is 12.6. The van der Waals surface area contributed by atoms with Crippen molar-refractivity contribution < 1.29 is 19.1 Å². The van der Waals surface area contributed by atoms with E-state index in [0.717, 1.165) is 16.3 Å². The molecule has 0 aliphatic heterocycles. The summed E-state index contributed by atoms with van der Waals surface area (Å²) >= 11 is 2.12. The van der Waals surface area contributed by atoms with E-state index >= 15 is 0 Å². The molecular weight excluding hydrogens is 367 g/mol. The van der Waals surface area contributed by atoms with Crippen molar-refractivity contribution in [3.8, 4) is 0 Å². The molecular formula is C16H10FN2O4S2-. The molecule has 0 saturated carbocycles. The lowest BCUT2D eigenvalue weighted by atomic mass is 10.1. The summed E-state index contributed by atoms with van der Waals surface area (Å²) in [4.78, 5) is 39.8. The third kappa shape index (κ3) is 3.77. The number of hydrogen-bond donors (Lipinski definition) is 0. The van der Waals surface area contributed by atoms with Gasteiger partial charge in [0.2, 0.25) is 0 Å². The van der Waals surface area contributed by atoms with E-state index in [1.165, 1.54) is 35.6 Å². The molecule has 0 unspecified atom stereocenters. The Balaban J connectivity index is 1.89. The summed E-state index contributed by atoms with van der Waals surface area (Å²) in [6.07, 6.45) is 0. The van der Waals surface area contributed by atoms with Gasteiger partial charge < -0.3 is 9.90 Å². The number of hydrogen-bond acceptors (Lipinski definition) is 7. The Morgan fingerprint density at radius 2 is 1.96 bits per heavy atom. The molecule has 0 atom stereocenters. The van der Waals surface area contributed by atoms with Gasteiger partial charge in [0.15, 0.2) is 10.9 Å². The first kappa shape index (κ1) is 17.3. The number of aromatic nitrogens is 2. The van der Waals surface area contributed by atoms with Crippen LogP contribution in [0.5, 0.6) is 0 Å². The van der Waals surface area contributed by atoms with Crippen LogP contribution in [0.2, 0.25) is 0 Å². The second kappa shape index (κ2) is 7.16. The highest BCUT2D eigenvalue weighted by Gasteiger charge is 2.15. The largest absolute Gasteiger partial charge is 0.548 e. The van der Waals surface area contributed by atoms with Crippen LogP contribution < -0.4 is 10.7 Å². The maximum atomic E-state index is 12.9. The molecule has 0 aliphatic carbocycles. The van der Waals surface area contributed by atoms with Crippen molar-refractivity contribution in [2.24, 2.45) is 0 Å². The van der Waals surface area contributed by atoms with Crippen LogP contribution in [0.15, 0.2) is 45.7 Å². The Morgan fingerprint density at radius 3 is 2.64 bits per heavy atom. The van der Waals surface area contributed by atoms with Crippen molar-refractivity contribution in [1.29, 1.82) is 0 Å². The van der Waals surface area contributed by atoms with Gasteiger partial charge in [-0.1, -0.05) is 11.8 Å². The second-order valence-corrected chi connectivity index (χ2v) is 6.87. The summed E-state index contributed by atoms with van der Waals surface area (Å²) in [7, 11) is 0. The number of thiophene rings is 1. The van der Waals surface area contributed by atoms with Gasteiger partial charge in [0, 0.05) is 5.56 Å². The molecule has 2 aromatic heterocycles. The molecule has 9 heteroatoms. The highest BCUT2D eigenvalue weighted by molar-refractivity contribution is 7.99. The molecule has 3 aromatic rings. The molecule has 1 aromatic carbocycles. The smallest absolute Gasteiger partial charge is 0.272 e. The zero-order chi connectivity index (χ0) is 18.0. The van der Waals surface area contributed by atoms with Crippen molar-refractivity contribution in [3.63, 3.8) is 0 Å². The number of carboxylic acids is 1. The minimum atomic E-state index is -1.42. The number of halogens is 1. The van der Waals surface area contributed by atoms with Crippen molar-refractivity contribution in [2.75, 3.05) is 5.75 Å². The van der Waals surface area contributed by atoms with E-state index in [9.17, 15) is 23.9 Å². The van der Waals surface area contributed by atoms with Gasteiger partial charge in [-0.2, -0.15) is 0 Å². The average molecular weight is 377 g/mol. The van der Waals surface area contributed by atoms with Gasteiger partial charge in [-0.25, -0.2) is 9.37 Å². The minimum Gasteiger partial charge on any atom is -0.548 e. The Labute approximate surface area is 148 Å². The fraction of sp³-hybridized carbons (Fsp3) is 0.125. The van der Waals surface area contributed by atoms with Gasteiger partial charge in [-0.05, 0) is 35.7 Å². The maximum Gasteiger partial charge on any atom is 0.272 e. The van der Waals surface area contributed by atoms with Crippen LogP contribution in [0.1, 0.15) is 10.4 Å². The summed E-state index contributed by atoms with van der Waals surface area (Å²) in [6.45, 7) is -0.646. The van der Waals surface area contributed by atoms with Gasteiger partial charge in [0.25, 0.3) is 5.56 Å². The van der Waals surface area contributed by atoms with Crippen molar-refractivity contribution in [2.45, 2.75) is 11.7 Å². The molecule has 128 valence electrons. The van der Waals surface area contributed by atoms with Crippen LogP contribution in [0.25, 0.3) is 10.2 Å². The maximum absolute atomic E-state index is 12.9. The van der Waals surface area contributed by atoms with Crippen molar-refractivity contribution in [1.82, 2.24) is 9.55 Å². The van der Waals surface area contributed by atoms with Gasteiger partial charge in [-0.3, -0.25) is 14.2 Å². The van der Waals surface area contributed by atoms with E-state index in [1.807, 2.05) is 0 Å². The minimum absolute atomic E-state index is 0.0687. The molecule has 0 spiro atoms. The lowest BCUT2D eigenvalue weighted by Gasteiger charge is -2.12. The topological polar surface area (TPSA) is 92.1 Å². The van der Waals surface area contributed by atoms with Gasteiger partial charge in [0.05, 0.1) is 23.8 Å². The number of rotatable bonds is 6. The number of ketones is 1. The van der Waals surface area contributed by atoms with Crippen LogP contribution in [0.4, 0.5) is 4.39 Å². The Hall–Kier alpha value is -2.52. The predicted molar refractivity (Wildman–Crippen MR) is 90.3 cm³/mol. The molecule has 0 fully saturated rings. The monoisotopic (exact) mass is 377 g/mol. The first-order valence-electron chi connectivity index (χ1n) is 7.05. The van der Waals surface area contributed by atoms with Gasteiger partial charge >= 0.3 is 0 Å². The summed E-state index contributed by atoms with van der Waals surface area (Å²) in [5.41, 5.74) is 0.279. The number of aliphatic carboxylic acids is 1. The number of thioether (sulfide) groups is 1. The SMILES string of the molecule is O=C([O-])Cn1c(SCC(=O)c2ccc(F)cc2)nc2ccsc2c1=O. The Kier molecular flexibility index (Phi) is 4.95. The summed E-state index contributed by atoms with van der Waals surface area (Å²) in [5, 5.41) is 12.7. The summed E-state index contributed by atoms with van der Waals surface area (Å²) in [6, 6.07) is 6.74. The normalized spacial score (nSPS) is 10.9. The standard InChI is InChI=1S/C16H11FN2O4S2/c17-10-3-1-9(2-4-10)12(20)8-25-16-18-11-5-6-24-14(11)15(23)19(16)7-13(21)22/h1-6H,7-8H2,(H,21,22)/p-1. The third-order valence-corrected chi connectivity index (χ3v) is 5.18. The van der Waals surface area contributed by atoms with E-state index in [1.54, 1.807) is 11.4 Å². The van der Waals surface area contributed by atoms with Crippen LogP contribution in [-0.4, -0.2) is 27.1 Å². The Morgan fingerprint density at radius 1 is 1.24 bits per heavy atom. The zero-order valence-corrected chi connectivity index (χ0v) is 14.2. The van der Waals surface area contributed by atoms with E-state index in [0.29, 0.717) is 15.8 Å². The predicted octanol–water partition coefficient (Wildman–Crippen LogP) is 1.32. The third-order valence-electron chi connectivity index (χ3n) is 3.32. The first-order chi connectivity index (χ1) is 12.0. The van der Waals surface area contributed by atoms with Crippen molar-refractivity contribution in [3.05, 3.63) is 57.4 Å². The molecule has 2 heterocycles.